The van der Waals surface area contributed by atoms with Gasteiger partial charge in [-0.1, -0.05) is 35.5 Å². The molecule has 0 unspecified atom stereocenters. The van der Waals surface area contributed by atoms with Crippen molar-refractivity contribution >= 4 is 46.5 Å². The van der Waals surface area contributed by atoms with Crippen LogP contribution in [0.25, 0.3) is 0 Å². The summed E-state index contributed by atoms with van der Waals surface area (Å²) >= 11 is 6.99. The largest absolute Gasteiger partial charge is 0.382 e. The molecule has 1 aromatic heterocycles. The Kier molecular flexibility index (Phi) is 6.15. The number of thioether (sulfide) groups is 1. The highest BCUT2D eigenvalue weighted by Crippen LogP contribution is 2.22. The number of non-ortho nitro benzene ring substituents is 1. The van der Waals surface area contributed by atoms with Gasteiger partial charge in [0, 0.05) is 28.5 Å². The van der Waals surface area contributed by atoms with Crippen molar-refractivity contribution < 1.29 is 9.72 Å². The molecule has 3 aromatic rings. The molecule has 2 aromatic carbocycles. The van der Waals surface area contributed by atoms with E-state index in [0.29, 0.717) is 16.3 Å². The maximum absolute atomic E-state index is 12.3. The maximum Gasteiger partial charge on any atom is 0.277 e. The molecule has 0 aliphatic carbocycles. The van der Waals surface area contributed by atoms with Crippen molar-refractivity contribution in [1.82, 2.24) is 9.97 Å². The van der Waals surface area contributed by atoms with Crippen molar-refractivity contribution in [1.29, 1.82) is 0 Å². The lowest BCUT2D eigenvalue weighted by Crippen LogP contribution is -2.23. The van der Waals surface area contributed by atoms with Gasteiger partial charge in [0.2, 0.25) is 0 Å². The number of carbonyl (C=O) groups excluding carboxylic acids is 1. The lowest BCUT2D eigenvalue weighted by Gasteiger charge is -2.08. The van der Waals surface area contributed by atoms with Crippen molar-refractivity contribution in [2.45, 2.75) is 10.9 Å². The number of halogens is 1. The van der Waals surface area contributed by atoms with E-state index in [1.54, 1.807) is 24.3 Å². The van der Waals surface area contributed by atoms with E-state index in [-0.39, 0.29) is 22.3 Å². The quantitative estimate of drug-likeness (QED) is 0.234. The van der Waals surface area contributed by atoms with E-state index >= 15 is 0 Å². The third-order valence-corrected chi connectivity index (χ3v) is 4.99. The van der Waals surface area contributed by atoms with Crippen LogP contribution in [0.4, 0.5) is 17.2 Å². The molecule has 4 N–H and O–H groups in total. The van der Waals surface area contributed by atoms with Crippen LogP contribution in [0.5, 0.6) is 0 Å². The number of hydrogen-bond donors (Lipinski definition) is 3. The second kappa shape index (κ2) is 8.76. The first kappa shape index (κ1) is 20.4. The van der Waals surface area contributed by atoms with Gasteiger partial charge in [0.1, 0.15) is 5.69 Å². The first-order chi connectivity index (χ1) is 13.8. The van der Waals surface area contributed by atoms with Crippen LogP contribution >= 0.6 is 23.4 Å². The predicted molar refractivity (Wildman–Crippen MR) is 111 cm³/mol. The summed E-state index contributed by atoms with van der Waals surface area (Å²) in [6, 6.07) is 12.2. The number of anilines is 2. The fourth-order valence-electron chi connectivity index (χ4n) is 2.31. The summed E-state index contributed by atoms with van der Waals surface area (Å²) in [6.07, 6.45) is 0. The molecule has 0 bridgehead atoms. The second-order valence-corrected chi connectivity index (χ2v) is 7.21. The normalized spacial score (nSPS) is 10.5. The molecule has 9 nitrogen and oxygen atoms in total. The third-order valence-electron chi connectivity index (χ3n) is 3.79. The number of aromatic amines is 1. The van der Waals surface area contributed by atoms with E-state index in [1.807, 2.05) is 0 Å². The molecule has 0 saturated carbocycles. The van der Waals surface area contributed by atoms with Crippen LogP contribution in [-0.4, -0.2) is 20.8 Å². The molecule has 1 heterocycles. The minimum Gasteiger partial charge on any atom is -0.382 e. The molecule has 0 spiro atoms. The number of aromatic nitrogens is 2. The molecule has 29 heavy (non-hydrogen) atoms. The number of nitrogen functional groups attached to an aromatic ring is 1. The Balaban J connectivity index is 1.70. The van der Waals surface area contributed by atoms with Gasteiger partial charge in [0.25, 0.3) is 17.2 Å². The molecular weight excluding hydrogens is 418 g/mol. The zero-order valence-corrected chi connectivity index (χ0v) is 16.3. The number of nitrogens with one attached hydrogen (secondary N) is 2. The zero-order chi connectivity index (χ0) is 21.0. The summed E-state index contributed by atoms with van der Waals surface area (Å²) in [4.78, 5) is 41.4. The molecule has 0 atom stereocenters. The number of H-pyrrole nitrogens is 1. The van der Waals surface area contributed by atoms with Crippen molar-refractivity contribution in [3.05, 3.63) is 85.1 Å². The first-order valence-corrected chi connectivity index (χ1v) is 9.52. The van der Waals surface area contributed by atoms with Gasteiger partial charge in [-0.15, -0.1) is 0 Å². The highest BCUT2D eigenvalue weighted by molar-refractivity contribution is 7.98. The Bertz CT molecular complexity index is 1120. The monoisotopic (exact) mass is 431 g/mol. The topological polar surface area (TPSA) is 144 Å². The number of nitro groups is 1. The summed E-state index contributed by atoms with van der Waals surface area (Å²) in [5.74, 6) is -0.231. The van der Waals surface area contributed by atoms with Gasteiger partial charge >= 0.3 is 0 Å². The van der Waals surface area contributed by atoms with E-state index < -0.39 is 16.4 Å². The maximum atomic E-state index is 12.3. The van der Waals surface area contributed by atoms with Gasteiger partial charge in [0.15, 0.2) is 11.0 Å². The fourth-order valence-corrected chi connectivity index (χ4v) is 3.26. The van der Waals surface area contributed by atoms with Crippen LogP contribution in [0.1, 0.15) is 15.9 Å². The number of nitrogens with two attached hydrogens (primary N) is 1. The van der Waals surface area contributed by atoms with E-state index in [0.717, 1.165) is 5.56 Å². The van der Waals surface area contributed by atoms with E-state index in [2.05, 4.69) is 15.3 Å². The molecule has 1 amide bonds. The molecule has 148 valence electrons. The Morgan fingerprint density at radius 3 is 2.45 bits per heavy atom. The number of nitro benzene ring substituents is 1. The summed E-state index contributed by atoms with van der Waals surface area (Å²) in [5.41, 5.74) is 6.21. The van der Waals surface area contributed by atoms with Crippen LogP contribution < -0.4 is 16.6 Å². The third kappa shape index (κ3) is 5.12. The van der Waals surface area contributed by atoms with E-state index in [9.17, 15) is 19.7 Å². The Labute approximate surface area is 173 Å². The zero-order valence-electron chi connectivity index (χ0n) is 14.7. The average Bonchev–Trinajstić information content (AvgIpc) is 2.70. The second-order valence-electron chi connectivity index (χ2n) is 5.80. The molecule has 11 heteroatoms. The van der Waals surface area contributed by atoms with Gasteiger partial charge in [0.05, 0.1) is 4.92 Å². The number of hydrogen-bond acceptors (Lipinski definition) is 7. The van der Waals surface area contributed by atoms with Crippen LogP contribution in [0.3, 0.4) is 0 Å². The number of rotatable bonds is 6. The molecule has 0 saturated heterocycles. The van der Waals surface area contributed by atoms with Gasteiger partial charge in [-0.05, 0) is 29.8 Å². The lowest BCUT2D eigenvalue weighted by molar-refractivity contribution is -0.384. The van der Waals surface area contributed by atoms with Crippen LogP contribution in [0.2, 0.25) is 5.02 Å². The molecule has 0 radical (unpaired) electrons. The minimum atomic E-state index is -0.592. The van der Waals surface area contributed by atoms with Crippen molar-refractivity contribution in [2.24, 2.45) is 0 Å². The van der Waals surface area contributed by atoms with Gasteiger partial charge in [-0.3, -0.25) is 24.7 Å². The number of benzene rings is 2. The number of nitrogens with zero attached hydrogens (tertiary/aromatic N) is 2. The van der Waals surface area contributed by atoms with Crippen molar-refractivity contribution in [2.75, 3.05) is 11.1 Å². The number of amides is 1. The molecular formula is C18H14ClN5O4S. The SMILES string of the molecule is Nc1nc(SCc2ccc([N+](=O)[O-])cc2)[nH]c(=O)c1NC(=O)c1ccc(Cl)cc1. The molecule has 3 rings (SSSR count). The van der Waals surface area contributed by atoms with Gasteiger partial charge in [-0.2, -0.15) is 0 Å². The molecule has 0 aliphatic heterocycles. The summed E-state index contributed by atoms with van der Waals surface area (Å²) < 4.78 is 0. The molecule has 0 aliphatic rings. The van der Waals surface area contributed by atoms with Crippen LogP contribution in [0, 0.1) is 10.1 Å². The highest BCUT2D eigenvalue weighted by atomic mass is 35.5. The Hall–Kier alpha value is -3.37. The van der Waals surface area contributed by atoms with Gasteiger partial charge < -0.3 is 11.1 Å². The molecule has 0 fully saturated rings. The Morgan fingerprint density at radius 1 is 1.21 bits per heavy atom. The average molecular weight is 432 g/mol. The first-order valence-electron chi connectivity index (χ1n) is 8.16. The number of carbonyl (C=O) groups is 1. The predicted octanol–water partition coefficient (Wildman–Crippen LogP) is 3.46. The van der Waals surface area contributed by atoms with Gasteiger partial charge in [-0.25, -0.2) is 4.98 Å². The van der Waals surface area contributed by atoms with E-state index in [1.165, 1.54) is 36.0 Å². The van der Waals surface area contributed by atoms with Crippen LogP contribution in [-0.2, 0) is 5.75 Å². The van der Waals surface area contributed by atoms with Crippen molar-refractivity contribution in [3.63, 3.8) is 0 Å². The standard InChI is InChI=1S/C18H14ClN5O4S/c19-12-5-3-11(4-6-12)16(25)21-14-15(20)22-18(23-17(14)26)29-9-10-1-7-13(8-2-10)24(27)28/h1-8H,9H2,(H,21,25)(H3,20,22,23,26). The van der Waals surface area contributed by atoms with Crippen molar-refractivity contribution in [3.8, 4) is 0 Å². The summed E-state index contributed by atoms with van der Waals surface area (Å²) in [7, 11) is 0. The fraction of sp³-hybridized carbons (Fsp3) is 0.0556. The van der Waals surface area contributed by atoms with E-state index in [4.69, 9.17) is 17.3 Å². The summed E-state index contributed by atoms with van der Waals surface area (Å²) in [6.45, 7) is 0. The highest BCUT2D eigenvalue weighted by Gasteiger charge is 2.14. The summed E-state index contributed by atoms with van der Waals surface area (Å²) in [5, 5.41) is 13.9. The lowest BCUT2D eigenvalue weighted by atomic mass is 10.2. The van der Waals surface area contributed by atoms with Crippen LogP contribution in [0.15, 0.2) is 58.5 Å². The minimum absolute atomic E-state index is 0.00434. The Morgan fingerprint density at radius 2 is 1.86 bits per heavy atom. The smallest absolute Gasteiger partial charge is 0.277 e.